The van der Waals surface area contributed by atoms with Gasteiger partial charge in [-0.15, -0.1) is 0 Å². The molecule has 1 atom stereocenters. The number of fused-ring (bicyclic) bond motifs is 3. The van der Waals surface area contributed by atoms with Crippen LogP contribution in [0.1, 0.15) is 43.9 Å². The molecule has 0 fully saturated rings. The van der Waals surface area contributed by atoms with E-state index in [0.29, 0.717) is 0 Å². The zero-order valence-electron chi connectivity index (χ0n) is 11.2. The summed E-state index contributed by atoms with van der Waals surface area (Å²) in [5, 5.41) is 10.5. The predicted octanol–water partition coefficient (Wildman–Crippen LogP) is 3.63. The fourth-order valence-electron chi connectivity index (χ4n) is 3.43. The molecule has 0 bridgehead atoms. The summed E-state index contributed by atoms with van der Waals surface area (Å²) in [6.45, 7) is 2.08. The molecule has 0 saturated heterocycles. The lowest BCUT2D eigenvalue weighted by molar-refractivity contribution is -0.138. The summed E-state index contributed by atoms with van der Waals surface area (Å²) in [4.78, 5) is 14.7. The summed E-state index contributed by atoms with van der Waals surface area (Å²) in [7, 11) is 0. The van der Waals surface area contributed by atoms with Crippen LogP contribution in [0.4, 0.5) is 0 Å². The highest BCUT2D eigenvalue weighted by Crippen LogP contribution is 2.41. The van der Waals surface area contributed by atoms with Crippen molar-refractivity contribution >= 4 is 16.9 Å². The Bertz CT molecular complexity index is 629. The number of aryl methyl sites for hydroxylation is 1. The van der Waals surface area contributed by atoms with Gasteiger partial charge < -0.3 is 10.1 Å². The number of nitrogens with one attached hydrogen (secondary N) is 1. The van der Waals surface area contributed by atoms with Gasteiger partial charge in [0.15, 0.2) is 0 Å². The summed E-state index contributed by atoms with van der Waals surface area (Å²) in [6.07, 6.45) is 4.44. The molecule has 3 nitrogen and oxygen atoms in total. The van der Waals surface area contributed by atoms with E-state index in [9.17, 15) is 9.90 Å². The molecule has 19 heavy (non-hydrogen) atoms. The van der Waals surface area contributed by atoms with Gasteiger partial charge in [0.25, 0.3) is 0 Å². The molecule has 0 radical (unpaired) electrons. The fraction of sp³-hybridized carbons (Fsp3) is 0.438. The van der Waals surface area contributed by atoms with Crippen LogP contribution < -0.4 is 0 Å². The normalized spacial score (nSPS) is 23.0. The van der Waals surface area contributed by atoms with Crippen LogP contribution in [0.25, 0.3) is 10.9 Å². The van der Waals surface area contributed by atoms with Crippen LogP contribution in [0.15, 0.2) is 24.3 Å². The molecule has 0 aliphatic heterocycles. The second-order valence-electron chi connectivity index (χ2n) is 5.86. The highest BCUT2D eigenvalue weighted by molar-refractivity contribution is 5.85. The van der Waals surface area contributed by atoms with Crippen molar-refractivity contribution in [2.45, 2.75) is 44.4 Å². The van der Waals surface area contributed by atoms with E-state index in [0.717, 1.165) is 36.9 Å². The summed E-state index contributed by atoms with van der Waals surface area (Å²) < 4.78 is 0. The first kappa shape index (κ1) is 12.3. The van der Waals surface area contributed by atoms with Crippen molar-refractivity contribution in [3.63, 3.8) is 0 Å². The predicted molar refractivity (Wildman–Crippen MR) is 75.5 cm³/mol. The molecule has 1 aliphatic rings. The Morgan fingerprint density at radius 2 is 2.16 bits per heavy atom. The Balaban J connectivity index is 2.19. The molecule has 1 aliphatic carbocycles. The van der Waals surface area contributed by atoms with E-state index in [1.54, 1.807) is 0 Å². The lowest BCUT2D eigenvalue weighted by Gasteiger charge is -2.26. The summed E-state index contributed by atoms with van der Waals surface area (Å²) >= 11 is 0. The standard InChI is InChI=1S/C16H19NO2/c1-16(10-14(18)19)9-5-4-7-12-11-6-2-3-8-13(11)17-15(12)16/h2-3,6,8,17H,4-5,7,9-10H2,1H3,(H,18,19). The third-order valence-electron chi connectivity index (χ3n) is 4.36. The van der Waals surface area contributed by atoms with Crippen LogP contribution in [-0.4, -0.2) is 16.1 Å². The van der Waals surface area contributed by atoms with Crippen LogP contribution in [0, 0.1) is 0 Å². The van der Waals surface area contributed by atoms with Gasteiger partial charge in [-0.05, 0) is 30.9 Å². The number of carboxylic acids is 1. The van der Waals surface area contributed by atoms with Gasteiger partial charge in [-0.25, -0.2) is 0 Å². The molecule has 2 N–H and O–H groups in total. The fourth-order valence-corrected chi connectivity index (χ4v) is 3.43. The minimum atomic E-state index is -0.714. The van der Waals surface area contributed by atoms with E-state index < -0.39 is 5.97 Å². The van der Waals surface area contributed by atoms with E-state index >= 15 is 0 Å². The number of carbonyl (C=O) groups is 1. The van der Waals surface area contributed by atoms with Gasteiger partial charge in [0, 0.05) is 22.0 Å². The topological polar surface area (TPSA) is 53.1 Å². The smallest absolute Gasteiger partial charge is 0.304 e. The zero-order valence-corrected chi connectivity index (χ0v) is 11.2. The third-order valence-corrected chi connectivity index (χ3v) is 4.36. The minimum absolute atomic E-state index is 0.201. The minimum Gasteiger partial charge on any atom is -0.481 e. The highest BCUT2D eigenvalue weighted by Gasteiger charge is 2.35. The summed E-state index contributed by atoms with van der Waals surface area (Å²) in [6, 6.07) is 8.28. The number of aliphatic carboxylic acids is 1. The Hall–Kier alpha value is -1.77. The maximum absolute atomic E-state index is 11.2. The van der Waals surface area contributed by atoms with Crippen molar-refractivity contribution < 1.29 is 9.90 Å². The molecule has 1 heterocycles. The van der Waals surface area contributed by atoms with Crippen molar-refractivity contribution in [1.29, 1.82) is 0 Å². The van der Waals surface area contributed by atoms with Gasteiger partial charge in [-0.3, -0.25) is 4.79 Å². The molecular formula is C16H19NO2. The quantitative estimate of drug-likeness (QED) is 0.807. The number of para-hydroxylation sites is 1. The second kappa shape index (κ2) is 4.41. The average molecular weight is 257 g/mol. The Morgan fingerprint density at radius 1 is 1.37 bits per heavy atom. The molecule has 1 unspecified atom stereocenters. The SMILES string of the molecule is CC1(CC(=O)O)CCCCc2c1[nH]c1ccccc21. The van der Waals surface area contributed by atoms with E-state index in [1.807, 2.05) is 6.07 Å². The lowest BCUT2D eigenvalue weighted by atomic mass is 9.79. The number of hydrogen-bond acceptors (Lipinski definition) is 1. The van der Waals surface area contributed by atoms with E-state index in [-0.39, 0.29) is 11.8 Å². The van der Waals surface area contributed by atoms with E-state index in [2.05, 4.69) is 30.1 Å². The average Bonchev–Trinajstić information content (AvgIpc) is 2.66. The van der Waals surface area contributed by atoms with E-state index in [1.165, 1.54) is 10.9 Å². The van der Waals surface area contributed by atoms with Gasteiger partial charge in [0.2, 0.25) is 0 Å². The molecule has 3 rings (SSSR count). The number of aromatic amines is 1. The second-order valence-corrected chi connectivity index (χ2v) is 5.86. The number of carboxylic acid groups (broad SMARTS) is 1. The molecule has 3 heteroatoms. The van der Waals surface area contributed by atoms with Crippen LogP contribution in [-0.2, 0) is 16.6 Å². The van der Waals surface area contributed by atoms with Crippen molar-refractivity contribution in [2.75, 3.05) is 0 Å². The van der Waals surface area contributed by atoms with Gasteiger partial charge in [0.1, 0.15) is 0 Å². The molecule has 1 aromatic carbocycles. The molecule has 0 amide bonds. The Kier molecular flexibility index (Phi) is 2.85. The number of benzene rings is 1. The molecule has 0 saturated carbocycles. The van der Waals surface area contributed by atoms with Crippen LogP contribution >= 0.6 is 0 Å². The molecule has 1 aromatic heterocycles. The summed E-state index contributed by atoms with van der Waals surface area (Å²) in [5.41, 5.74) is 3.34. The van der Waals surface area contributed by atoms with Crippen LogP contribution in [0.3, 0.4) is 0 Å². The van der Waals surface area contributed by atoms with Gasteiger partial charge >= 0.3 is 5.97 Å². The van der Waals surface area contributed by atoms with Gasteiger partial charge in [0.05, 0.1) is 6.42 Å². The largest absolute Gasteiger partial charge is 0.481 e. The van der Waals surface area contributed by atoms with E-state index in [4.69, 9.17) is 0 Å². The Labute approximate surface area is 112 Å². The summed E-state index contributed by atoms with van der Waals surface area (Å²) in [5.74, 6) is -0.714. The van der Waals surface area contributed by atoms with Gasteiger partial charge in [-0.2, -0.15) is 0 Å². The number of H-pyrrole nitrogens is 1. The van der Waals surface area contributed by atoms with Crippen molar-refractivity contribution in [3.05, 3.63) is 35.5 Å². The number of hydrogen-bond donors (Lipinski definition) is 2. The van der Waals surface area contributed by atoms with Crippen LogP contribution in [0.5, 0.6) is 0 Å². The maximum atomic E-state index is 11.2. The maximum Gasteiger partial charge on any atom is 0.304 e. The number of rotatable bonds is 2. The van der Waals surface area contributed by atoms with Crippen LogP contribution in [0.2, 0.25) is 0 Å². The first-order chi connectivity index (χ1) is 9.10. The molecule has 2 aromatic rings. The zero-order chi connectivity index (χ0) is 13.5. The number of aromatic nitrogens is 1. The molecule has 0 spiro atoms. The first-order valence-electron chi connectivity index (χ1n) is 6.92. The first-order valence-corrected chi connectivity index (χ1v) is 6.92. The molecule has 100 valence electrons. The van der Waals surface area contributed by atoms with Crippen molar-refractivity contribution in [3.8, 4) is 0 Å². The highest BCUT2D eigenvalue weighted by atomic mass is 16.4. The lowest BCUT2D eigenvalue weighted by Crippen LogP contribution is -2.26. The van der Waals surface area contributed by atoms with Gasteiger partial charge in [-0.1, -0.05) is 31.5 Å². The third kappa shape index (κ3) is 2.03. The van der Waals surface area contributed by atoms with Crippen molar-refractivity contribution in [2.24, 2.45) is 0 Å². The van der Waals surface area contributed by atoms with Crippen molar-refractivity contribution in [1.82, 2.24) is 4.98 Å². The molecular weight excluding hydrogens is 238 g/mol. The Morgan fingerprint density at radius 3 is 2.95 bits per heavy atom. The monoisotopic (exact) mass is 257 g/mol.